The second-order valence-corrected chi connectivity index (χ2v) is 9.22. The van der Waals surface area contributed by atoms with Gasteiger partial charge >= 0.3 is 10.1 Å². The third kappa shape index (κ3) is 5.27. The summed E-state index contributed by atoms with van der Waals surface area (Å²) in [4.78, 5) is 27.0. The van der Waals surface area contributed by atoms with Crippen molar-refractivity contribution in [2.75, 3.05) is 0 Å². The molecule has 33 heavy (non-hydrogen) atoms. The molecule has 3 aromatic carbocycles. The first kappa shape index (κ1) is 22.2. The number of non-ortho nitro benzene ring substituents is 1. The highest BCUT2D eigenvalue weighted by Crippen LogP contribution is 2.31. The minimum Gasteiger partial charge on any atom is -0.378 e. The summed E-state index contributed by atoms with van der Waals surface area (Å²) in [6.45, 7) is 0. The molecule has 1 fully saturated rings. The van der Waals surface area contributed by atoms with Crippen LogP contribution in [0.1, 0.15) is 5.56 Å². The lowest BCUT2D eigenvalue weighted by molar-refractivity contribution is -0.384. The Morgan fingerprint density at radius 2 is 1.64 bits per heavy atom. The van der Waals surface area contributed by atoms with Gasteiger partial charge in [-0.05, 0) is 48.2 Å². The van der Waals surface area contributed by atoms with Gasteiger partial charge in [-0.3, -0.25) is 14.9 Å². The fourth-order valence-corrected chi connectivity index (χ4v) is 4.60. The van der Waals surface area contributed by atoms with Crippen molar-refractivity contribution in [3.8, 4) is 5.75 Å². The van der Waals surface area contributed by atoms with Crippen LogP contribution in [0.25, 0.3) is 6.08 Å². The Hall–Kier alpha value is -3.96. The smallest absolute Gasteiger partial charge is 0.339 e. The van der Waals surface area contributed by atoms with Gasteiger partial charge in [-0.25, -0.2) is 4.99 Å². The van der Waals surface area contributed by atoms with Gasteiger partial charge in [0.2, 0.25) is 0 Å². The van der Waals surface area contributed by atoms with Crippen LogP contribution in [0.5, 0.6) is 5.75 Å². The molecule has 0 aromatic heterocycles. The molecule has 0 radical (unpaired) electrons. The van der Waals surface area contributed by atoms with Gasteiger partial charge in [0.25, 0.3) is 11.6 Å². The molecule has 0 bridgehead atoms. The number of hydrogen-bond acceptors (Lipinski definition) is 8. The highest BCUT2D eigenvalue weighted by atomic mass is 32.2. The van der Waals surface area contributed by atoms with Gasteiger partial charge in [-0.2, -0.15) is 8.42 Å². The van der Waals surface area contributed by atoms with E-state index in [4.69, 9.17) is 4.18 Å². The quantitative estimate of drug-likeness (QED) is 0.241. The molecule has 0 atom stereocenters. The number of amidine groups is 1. The van der Waals surface area contributed by atoms with Gasteiger partial charge in [0.15, 0.2) is 5.17 Å². The van der Waals surface area contributed by atoms with E-state index in [-0.39, 0.29) is 22.2 Å². The minimum atomic E-state index is -4.26. The molecule has 1 aliphatic rings. The van der Waals surface area contributed by atoms with Gasteiger partial charge in [0, 0.05) is 17.7 Å². The van der Waals surface area contributed by atoms with E-state index in [0.717, 1.165) is 36.0 Å². The summed E-state index contributed by atoms with van der Waals surface area (Å²) in [5.74, 6) is -0.368. The van der Waals surface area contributed by atoms with Gasteiger partial charge < -0.3 is 9.50 Å². The molecule has 1 amide bonds. The molecule has 1 aliphatic heterocycles. The molecule has 1 N–H and O–H groups in total. The molecule has 11 heteroatoms. The van der Waals surface area contributed by atoms with E-state index in [2.05, 4.69) is 10.3 Å². The van der Waals surface area contributed by atoms with Gasteiger partial charge in [-0.1, -0.05) is 36.4 Å². The van der Waals surface area contributed by atoms with Crippen molar-refractivity contribution in [3.05, 3.63) is 99.4 Å². The number of carbonyl (C=O) groups excluding carboxylic acids is 1. The van der Waals surface area contributed by atoms with Crippen LogP contribution in [-0.4, -0.2) is 24.4 Å². The van der Waals surface area contributed by atoms with Crippen LogP contribution in [0.4, 0.5) is 11.4 Å². The summed E-state index contributed by atoms with van der Waals surface area (Å²) in [7, 11) is -4.26. The van der Waals surface area contributed by atoms with Crippen molar-refractivity contribution in [1.29, 1.82) is 0 Å². The lowest BCUT2D eigenvalue weighted by Gasteiger charge is -2.09. The number of nitro groups is 1. The Morgan fingerprint density at radius 3 is 2.33 bits per heavy atom. The average Bonchev–Trinajstić information content (AvgIpc) is 3.14. The third-order valence-corrected chi connectivity index (χ3v) is 6.54. The Kier molecular flexibility index (Phi) is 6.24. The number of aliphatic imine (C=N–C) groups is 1. The molecule has 3 aromatic rings. The van der Waals surface area contributed by atoms with E-state index >= 15 is 0 Å². The number of para-hydroxylation sites is 2. The maximum absolute atomic E-state index is 12.7. The Labute approximate surface area is 193 Å². The highest BCUT2D eigenvalue weighted by molar-refractivity contribution is 8.18. The number of hydrogen-bond donors (Lipinski definition) is 1. The summed E-state index contributed by atoms with van der Waals surface area (Å²) in [5, 5.41) is 13.9. The first-order chi connectivity index (χ1) is 15.8. The Balaban J connectivity index is 1.59. The zero-order chi connectivity index (χ0) is 23.4. The number of carbonyl (C=O) groups is 1. The number of amides is 1. The fraction of sp³-hybridized carbons (Fsp3) is 0. The van der Waals surface area contributed by atoms with Gasteiger partial charge in [0.05, 0.1) is 15.5 Å². The van der Waals surface area contributed by atoms with E-state index in [1.807, 2.05) is 18.2 Å². The predicted octanol–water partition coefficient (Wildman–Crippen LogP) is 4.25. The van der Waals surface area contributed by atoms with Crippen LogP contribution in [-0.2, 0) is 14.9 Å². The van der Waals surface area contributed by atoms with Crippen LogP contribution >= 0.6 is 11.8 Å². The molecular weight excluding hydrogens is 466 g/mol. The molecule has 1 heterocycles. The maximum Gasteiger partial charge on any atom is 0.339 e. The average molecular weight is 482 g/mol. The number of nitro benzene ring substituents is 1. The molecule has 4 rings (SSSR count). The summed E-state index contributed by atoms with van der Waals surface area (Å²) in [6, 6.07) is 19.8. The van der Waals surface area contributed by atoms with Crippen molar-refractivity contribution in [1.82, 2.24) is 5.32 Å². The SMILES string of the molecule is O=C1NC(=Nc2ccccc2)S/C1=C\c1ccccc1OS(=O)(=O)c1ccc([N+](=O)[O-])cc1. The largest absolute Gasteiger partial charge is 0.378 e. The van der Waals surface area contributed by atoms with Crippen molar-refractivity contribution in [2.45, 2.75) is 4.90 Å². The molecule has 0 aliphatic carbocycles. The van der Waals surface area contributed by atoms with E-state index in [0.29, 0.717) is 21.3 Å². The molecule has 1 saturated heterocycles. The van der Waals surface area contributed by atoms with Crippen molar-refractivity contribution in [3.63, 3.8) is 0 Å². The fourth-order valence-electron chi connectivity index (χ4n) is 2.82. The summed E-state index contributed by atoms with van der Waals surface area (Å²) < 4.78 is 30.6. The normalized spacial score (nSPS) is 16.1. The second kappa shape index (κ2) is 9.27. The highest BCUT2D eigenvalue weighted by Gasteiger charge is 2.25. The van der Waals surface area contributed by atoms with Crippen LogP contribution in [0.3, 0.4) is 0 Å². The molecule has 0 unspecified atom stereocenters. The standard InChI is InChI=1S/C22H15N3O6S2/c26-21-20(32-22(24-21)23-16-7-2-1-3-8-16)14-15-6-4-5-9-19(15)31-33(29,30)18-12-10-17(11-13-18)25(27)28/h1-14H,(H,23,24,26)/b20-14-. The number of thioether (sulfide) groups is 1. The minimum absolute atomic E-state index is 0.00482. The summed E-state index contributed by atoms with van der Waals surface area (Å²) >= 11 is 1.12. The van der Waals surface area contributed by atoms with Crippen molar-refractivity contribution >= 4 is 50.4 Å². The summed E-state index contributed by atoms with van der Waals surface area (Å²) in [6.07, 6.45) is 1.51. The third-order valence-electron chi connectivity index (χ3n) is 4.38. The molecular formula is C22H15N3O6S2. The second-order valence-electron chi connectivity index (χ2n) is 6.64. The van der Waals surface area contributed by atoms with E-state index in [1.165, 1.54) is 12.1 Å². The van der Waals surface area contributed by atoms with Crippen LogP contribution in [0, 0.1) is 10.1 Å². The Bertz CT molecular complexity index is 1390. The van der Waals surface area contributed by atoms with E-state index < -0.39 is 15.0 Å². The first-order valence-electron chi connectivity index (χ1n) is 9.44. The topological polar surface area (TPSA) is 128 Å². The van der Waals surface area contributed by atoms with E-state index in [9.17, 15) is 23.3 Å². The lowest BCUT2D eigenvalue weighted by Crippen LogP contribution is -2.19. The van der Waals surface area contributed by atoms with Crippen LogP contribution in [0.15, 0.2) is 93.7 Å². The maximum atomic E-state index is 12.7. The van der Waals surface area contributed by atoms with Gasteiger partial charge in [-0.15, -0.1) is 0 Å². The zero-order valence-corrected chi connectivity index (χ0v) is 18.4. The molecule has 0 saturated carbocycles. The summed E-state index contributed by atoms with van der Waals surface area (Å²) in [5.41, 5.74) is 0.803. The Morgan fingerprint density at radius 1 is 0.970 bits per heavy atom. The van der Waals surface area contributed by atoms with Crippen molar-refractivity contribution < 1.29 is 22.3 Å². The number of rotatable bonds is 6. The lowest BCUT2D eigenvalue weighted by atomic mass is 10.2. The van der Waals surface area contributed by atoms with Crippen LogP contribution < -0.4 is 9.50 Å². The molecule has 9 nitrogen and oxygen atoms in total. The first-order valence-corrected chi connectivity index (χ1v) is 11.7. The predicted molar refractivity (Wildman–Crippen MR) is 125 cm³/mol. The zero-order valence-electron chi connectivity index (χ0n) is 16.7. The molecule has 166 valence electrons. The number of nitrogens with one attached hydrogen (secondary N) is 1. The van der Waals surface area contributed by atoms with Crippen LogP contribution in [0.2, 0.25) is 0 Å². The monoisotopic (exact) mass is 481 g/mol. The number of benzene rings is 3. The van der Waals surface area contributed by atoms with Gasteiger partial charge in [0.1, 0.15) is 10.6 Å². The van der Waals surface area contributed by atoms with E-state index in [1.54, 1.807) is 30.3 Å². The van der Waals surface area contributed by atoms with Crippen molar-refractivity contribution in [2.24, 2.45) is 4.99 Å². The molecule has 0 spiro atoms. The number of nitrogens with zero attached hydrogens (tertiary/aromatic N) is 2.